The van der Waals surface area contributed by atoms with Gasteiger partial charge in [0.2, 0.25) is 0 Å². The lowest BCUT2D eigenvalue weighted by Gasteiger charge is -2.17. The molecule has 0 aliphatic rings. The van der Waals surface area contributed by atoms with Gasteiger partial charge >= 0.3 is 5.97 Å². The molecule has 0 fully saturated rings. The molecule has 0 aromatic heterocycles. The van der Waals surface area contributed by atoms with Gasteiger partial charge in [0, 0.05) is 5.02 Å². The van der Waals surface area contributed by atoms with Crippen molar-refractivity contribution in [1.82, 2.24) is 5.32 Å². The number of benzene rings is 3. The molecule has 144 valence electrons. The van der Waals surface area contributed by atoms with E-state index in [9.17, 15) is 9.59 Å². The molecule has 1 atom stereocenters. The zero-order valence-corrected chi connectivity index (χ0v) is 16.3. The Hall–Kier alpha value is -3.05. The quantitative estimate of drug-likeness (QED) is 0.620. The summed E-state index contributed by atoms with van der Waals surface area (Å²) in [5.74, 6) is -0.735. The summed E-state index contributed by atoms with van der Waals surface area (Å²) < 4.78 is 10.3. The summed E-state index contributed by atoms with van der Waals surface area (Å²) in [5.41, 5.74) is 1.17. The smallest absolute Gasteiger partial charge is 0.342 e. The number of hydrogen-bond donors (Lipinski definition) is 1. The van der Waals surface area contributed by atoms with Crippen LogP contribution in [0.3, 0.4) is 0 Å². The van der Waals surface area contributed by atoms with E-state index in [-0.39, 0.29) is 11.6 Å². The average Bonchev–Trinajstić information content (AvgIpc) is 2.71. The van der Waals surface area contributed by atoms with Crippen molar-refractivity contribution in [3.8, 4) is 5.75 Å². The second kappa shape index (κ2) is 8.76. The second-order valence-electron chi connectivity index (χ2n) is 6.28. The Morgan fingerprint density at radius 2 is 1.82 bits per heavy atom. The predicted molar refractivity (Wildman–Crippen MR) is 109 cm³/mol. The van der Waals surface area contributed by atoms with Crippen molar-refractivity contribution < 1.29 is 19.1 Å². The van der Waals surface area contributed by atoms with Gasteiger partial charge in [0.15, 0.2) is 6.61 Å². The zero-order valence-electron chi connectivity index (χ0n) is 15.6. The van der Waals surface area contributed by atoms with E-state index in [0.29, 0.717) is 10.8 Å². The fourth-order valence-electron chi connectivity index (χ4n) is 3.04. The maximum Gasteiger partial charge on any atom is 0.342 e. The van der Waals surface area contributed by atoms with E-state index < -0.39 is 18.5 Å². The average molecular weight is 398 g/mol. The van der Waals surface area contributed by atoms with E-state index in [1.807, 2.05) is 49.4 Å². The molecule has 28 heavy (non-hydrogen) atoms. The van der Waals surface area contributed by atoms with Gasteiger partial charge in [0.1, 0.15) is 11.3 Å². The second-order valence-corrected chi connectivity index (χ2v) is 6.71. The third-order valence-electron chi connectivity index (χ3n) is 4.38. The van der Waals surface area contributed by atoms with Crippen molar-refractivity contribution in [2.24, 2.45) is 0 Å². The number of carbonyl (C=O) groups is 2. The molecular formula is C22H20ClNO4. The largest absolute Gasteiger partial charge is 0.496 e. The van der Waals surface area contributed by atoms with Crippen molar-refractivity contribution in [1.29, 1.82) is 0 Å². The van der Waals surface area contributed by atoms with Crippen LogP contribution in [0.2, 0.25) is 5.02 Å². The van der Waals surface area contributed by atoms with E-state index in [1.165, 1.54) is 13.2 Å². The Morgan fingerprint density at radius 3 is 2.61 bits per heavy atom. The van der Waals surface area contributed by atoms with Crippen LogP contribution in [0.4, 0.5) is 0 Å². The molecular weight excluding hydrogens is 378 g/mol. The Labute approximate surface area is 168 Å². The van der Waals surface area contributed by atoms with Crippen LogP contribution in [-0.2, 0) is 9.53 Å². The molecule has 0 bridgehead atoms. The van der Waals surface area contributed by atoms with Crippen molar-refractivity contribution in [2.45, 2.75) is 13.0 Å². The van der Waals surface area contributed by atoms with Crippen LogP contribution in [0, 0.1) is 0 Å². The summed E-state index contributed by atoms with van der Waals surface area (Å²) in [4.78, 5) is 24.5. The first-order valence-corrected chi connectivity index (χ1v) is 9.15. The van der Waals surface area contributed by atoms with Crippen LogP contribution in [0.15, 0.2) is 60.7 Å². The molecule has 0 saturated heterocycles. The fraction of sp³-hybridized carbons (Fsp3) is 0.182. The van der Waals surface area contributed by atoms with E-state index in [0.717, 1.165) is 16.3 Å². The summed E-state index contributed by atoms with van der Waals surface area (Å²) in [5, 5.41) is 5.40. The minimum absolute atomic E-state index is 0.171. The molecule has 0 saturated carbocycles. The van der Waals surface area contributed by atoms with E-state index >= 15 is 0 Å². The number of halogens is 1. The third kappa shape index (κ3) is 4.43. The predicted octanol–water partition coefficient (Wildman–Crippen LogP) is 4.54. The highest BCUT2D eigenvalue weighted by Gasteiger charge is 2.17. The lowest BCUT2D eigenvalue weighted by molar-refractivity contribution is -0.124. The van der Waals surface area contributed by atoms with Gasteiger partial charge < -0.3 is 14.8 Å². The summed E-state index contributed by atoms with van der Waals surface area (Å²) in [6.45, 7) is 1.49. The lowest BCUT2D eigenvalue weighted by atomic mass is 10.00. The van der Waals surface area contributed by atoms with Gasteiger partial charge in [-0.15, -0.1) is 0 Å². The van der Waals surface area contributed by atoms with Crippen LogP contribution < -0.4 is 10.1 Å². The van der Waals surface area contributed by atoms with Crippen LogP contribution in [-0.4, -0.2) is 25.6 Å². The Balaban J connectivity index is 1.64. The normalized spacial score (nSPS) is 11.7. The molecule has 3 aromatic rings. The van der Waals surface area contributed by atoms with E-state index in [4.69, 9.17) is 21.1 Å². The highest BCUT2D eigenvalue weighted by atomic mass is 35.5. The van der Waals surface area contributed by atoms with Gasteiger partial charge in [-0.2, -0.15) is 0 Å². The first-order valence-electron chi connectivity index (χ1n) is 8.77. The molecule has 0 spiro atoms. The van der Waals surface area contributed by atoms with Crippen molar-refractivity contribution in [2.75, 3.05) is 13.7 Å². The summed E-state index contributed by atoms with van der Waals surface area (Å²) in [7, 11) is 1.44. The fourth-order valence-corrected chi connectivity index (χ4v) is 3.21. The molecule has 3 rings (SSSR count). The van der Waals surface area contributed by atoms with Crippen LogP contribution in [0.1, 0.15) is 28.9 Å². The number of ether oxygens (including phenoxy) is 2. The highest BCUT2D eigenvalue weighted by Crippen LogP contribution is 2.25. The number of amides is 1. The van der Waals surface area contributed by atoms with Gasteiger partial charge in [-0.1, -0.05) is 54.1 Å². The maximum atomic E-state index is 12.3. The molecule has 0 heterocycles. The third-order valence-corrected chi connectivity index (χ3v) is 4.62. The topological polar surface area (TPSA) is 64.6 Å². The highest BCUT2D eigenvalue weighted by molar-refractivity contribution is 6.31. The molecule has 0 aliphatic heterocycles. The number of hydrogen-bond acceptors (Lipinski definition) is 4. The Kier molecular flexibility index (Phi) is 6.16. The summed E-state index contributed by atoms with van der Waals surface area (Å²) in [6.07, 6.45) is 0. The van der Waals surface area contributed by atoms with Gasteiger partial charge in [-0.3, -0.25) is 4.79 Å². The number of esters is 1. The molecule has 0 radical (unpaired) electrons. The van der Waals surface area contributed by atoms with Crippen molar-refractivity contribution in [3.63, 3.8) is 0 Å². The number of nitrogens with one attached hydrogen (secondary N) is 1. The molecule has 3 aromatic carbocycles. The van der Waals surface area contributed by atoms with Crippen LogP contribution >= 0.6 is 11.6 Å². The maximum absolute atomic E-state index is 12.3. The van der Waals surface area contributed by atoms with Gasteiger partial charge in [-0.25, -0.2) is 4.79 Å². The Bertz CT molecular complexity index is 1010. The molecule has 0 unspecified atom stereocenters. The number of fused-ring (bicyclic) bond motifs is 1. The minimum atomic E-state index is -0.674. The molecule has 6 heteroatoms. The molecule has 0 aliphatic carbocycles. The van der Waals surface area contributed by atoms with E-state index in [1.54, 1.807) is 12.1 Å². The number of methoxy groups -OCH3 is 1. The van der Waals surface area contributed by atoms with Crippen LogP contribution in [0.25, 0.3) is 10.8 Å². The lowest BCUT2D eigenvalue weighted by Crippen LogP contribution is -2.31. The standard InChI is InChI=1S/C22H20ClNO4/c1-14(17-9-5-7-15-6-3-4-8-18(15)17)24-21(25)13-28-22(26)19-12-16(23)10-11-20(19)27-2/h3-12,14H,13H2,1-2H3,(H,24,25)/t14-/m1/s1. The van der Waals surface area contributed by atoms with Gasteiger partial charge in [0.25, 0.3) is 5.91 Å². The first kappa shape index (κ1) is 19.7. The first-order chi connectivity index (χ1) is 13.5. The van der Waals surface area contributed by atoms with Crippen LogP contribution in [0.5, 0.6) is 5.75 Å². The van der Waals surface area contributed by atoms with Gasteiger partial charge in [-0.05, 0) is 41.5 Å². The summed E-state index contributed by atoms with van der Waals surface area (Å²) in [6, 6.07) is 18.3. The van der Waals surface area contributed by atoms with Gasteiger partial charge in [0.05, 0.1) is 13.2 Å². The zero-order chi connectivity index (χ0) is 20.1. The van der Waals surface area contributed by atoms with Crippen molar-refractivity contribution >= 4 is 34.2 Å². The monoisotopic (exact) mass is 397 g/mol. The summed E-state index contributed by atoms with van der Waals surface area (Å²) >= 11 is 5.92. The van der Waals surface area contributed by atoms with E-state index in [2.05, 4.69) is 5.32 Å². The number of carbonyl (C=O) groups excluding carboxylic acids is 2. The number of rotatable bonds is 6. The Morgan fingerprint density at radius 1 is 1.07 bits per heavy atom. The molecule has 1 amide bonds. The molecule has 5 nitrogen and oxygen atoms in total. The SMILES string of the molecule is COc1ccc(Cl)cc1C(=O)OCC(=O)N[C@H](C)c1cccc2ccccc12. The van der Waals surface area contributed by atoms with Crippen molar-refractivity contribution in [3.05, 3.63) is 76.8 Å². The minimum Gasteiger partial charge on any atom is -0.496 e. The molecule has 1 N–H and O–H groups in total.